The number of ketones is 1. The van der Waals surface area contributed by atoms with E-state index < -0.39 is 23.7 Å². The van der Waals surface area contributed by atoms with Crippen molar-refractivity contribution in [2.24, 2.45) is 0 Å². The number of aliphatic carboxylic acids is 1. The van der Waals surface area contributed by atoms with Gasteiger partial charge in [0.1, 0.15) is 5.76 Å². The largest absolute Gasteiger partial charge is 0.507 e. The number of hydrogen-bond donors (Lipinski definition) is 2. The minimum atomic E-state index is -1.11. The van der Waals surface area contributed by atoms with Gasteiger partial charge in [-0.25, -0.2) is 0 Å². The predicted octanol–water partition coefficient (Wildman–Crippen LogP) is 3.89. The molecule has 1 amide bonds. The summed E-state index contributed by atoms with van der Waals surface area (Å²) in [6, 6.07) is 11.7. The van der Waals surface area contributed by atoms with Crippen molar-refractivity contribution in [3.8, 4) is 0 Å². The molecule has 6 nitrogen and oxygen atoms in total. The smallest absolute Gasteiger partial charge is 0.305 e. The lowest BCUT2D eigenvalue weighted by Crippen LogP contribution is -2.32. The number of hydrogen-bond acceptors (Lipinski definition) is 4. The molecule has 0 radical (unpaired) electrons. The summed E-state index contributed by atoms with van der Waals surface area (Å²) in [6.07, 6.45) is -0.352. The highest BCUT2D eigenvalue weighted by atomic mass is 35.5. The van der Waals surface area contributed by atoms with Crippen LogP contribution in [0.4, 0.5) is 0 Å². The van der Waals surface area contributed by atoms with E-state index in [-0.39, 0.29) is 29.3 Å². The van der Waals surface area contributed by atoms with Gasteiger partial charge in [0, 0.05) is 22.2 Å². The number of halogens is 2. The maximum atomic E-state index is 12.7. The van der Waals surface area contributed by atoms with Crippen molar-refractivity contribution >= 4 is 46.6 Å². The van der Waals surface area contributed by atoms with Crippen LogP contribution in [0.25, 0.3) is 5.76 Å². The maximum Gasteiger partial charge on any atom is 0.305 e. The first-order valence-electron chi connectivity index (χ1n) is 8.32. The van der Waals surface area contributed by atoms with Crippen LogP contribution in [0.15, 0.2) is 54.1 Å². The number of carbonyl (C=O) groups excluding carboxylic acids is 2. The Labute approximate surface area is 170 Å². The van der Waals surface area contributed by atoms with Crippen molar-refractivity contribution in [2.45, 2.75) is 12.5 Å². The van der Waals surface area contributed by atoms with Crippen LogP contribution in [0.1, 0.15) is 23.6 Å². The van der Waals surface area contributed by atoms with Crippen molar-refractivity contribution in [1.82, 2.24) is 4.90 Å². The summed E-state index contributed by atoms with van der Waals surface area (Å²) < 4.78 is 0. The van der Waals surface area contributed by atoms with Crippen LogP contribution in [0.3, 0.4) is 0 Å². The van der Waals surface area contributed by atoms with Crippen LogP contribution in [0.2, 0.25) is 10.0 Å². The lowest BCUT2D eigenvalue weighted by atomic mass is 9.95. The maximum absolute atomic E-state index is 12.7. The molecule has 1 saturated heterocycles. The quantitative estimate of drug-likeness (QED) is 0.435. The fourth-order valence-electron chi connectivity index (χ4n) is 3.11. The summed E-state index contributed by atoms with van der Waals surface area (Å²) in [4.78, 5) is 37.4. The Morgan fingerprint density at radius 2 is 1.64 bits per heavy atom. The standard InChI is InChI=1S/C20H15Cl2NO5/c21-12-7-5-11(6-8-12)18(26)16-17(13-3-1-2-4-14(13)22)23(10-9-15(24)25)20(28)19(16)27/h1-8,17,26H,9-10H2,(H,24,25)/t17-/m1/s1. The number of carbonyl (C=O) groups is 3. The van der Waals surface area contributed by atoms with Crippen LogP contribution in [0, 0.1) is 0 Å². The lowest BCUT2D eigenvalue weighted by molar-refractivity contribution is -0.142. The van der Waals surface area contributed by atoms with Gasteiger partial charge in [-0.05, 0) is 35.9 Å². The number of benzene rings is 2. The van der Waals surface area contributed by atoms with E-state index in [0.717, 1.165) is 4.90 Å². The Kier molecular flexibility index (Phi) is 5.72. The Balaban J connectivity index is 2.18. The van der Waals surface area contributed by atoms with Gasteiger partial charge in [-0.3, -0.25) is 14.4 Å². The molecule has 144 valence electrons. The Morgan fingerprint density at radius 1 is 1.00 bits per heavy atom. The van der Waals surface area contributed by atoms with Gasteiger partial charge in [0.25, 0.3) is 11.7 Å². The number of rotatable bonds is 5. The van der Waals surface area contributed by atoms with Crippen molar-refractivity contribution in [3.63, 3.8) is 0 Å². The van der Waals surface area contributed by atoms with Crippen LogP contribution in [-0.4, -0.2) is 39.3 Å². The summed E-state index contributed by atoms with van der Waals surface area (Å²) in [5, 5.41) is 20.5. The highest BCUT2D eigenvalue weighted by Gasteiger charge is 2.46. The molecule has 8 heteroatoms. The average Bonchev–Trinajstić information content (AvgIpc) is 2.91. The van der Waals surface area contributed by atoms with Crippen molar-refractivity contribution in [3.05, 3.63) is 75.3 Å². The number of carboxylic acids is 1. The first-order valence-corrected chi connectivity index (χ1v) is 9.07. The van der Waals surface area contributed by atoms with E-state index in [4.69, 9.17) is 28.3 Å². The van der Waals surface area contributed by atoms with E-state index in [2.05, 4.69) is 0 Å². The second kappa shape index (κ2) is 8.04. The molecule has 2 N–H and O–H groups in total. The van der Waals surface area contributed by atoms with Gasteiger partial charge >= 0.3 is 5.97 Å². The summed E-state index contributed by atoms with van der Waals surface area (Å²) in [7, 11) is 0. The molecule has 1 aliphatic heterocycles. The minimum absolute atomic E-state index is 0.147. The molecule has 0 spiro atoms. The average molecular weight is 420 g/mol. The number of aliphatic hydroxyl groups excluding tert-OH is 1. The molecular weight excluding hydrogens is 405 g/mol. The molecule has 0 aromatic heterocycles. The number of Topliss-reactive ketones (excluding diaryl/α,β-unsaturated/α-hetero) is 1. The number of aliphatic hydroxyl groups is 1. The van der Waals surface area contributed by atoms with Crippen molar-refractivity contribution in [2.75, 3.05) is 6.54 Å². The van der Waals surface area contributed by atoms with Gasteiger partial charge in [-0.1, -0.05) is 41.4 Å². The third-order valence-electron chi connectivity index (χ3n) is 4.42. The molecule has 1 heterocycles. The zero-order chi connectivity index (χ0) is 20.4. The molecule has 0 unspecified atom stereocenters. The summed E-state index contributed by atoms with van der Waals surface area (Å²) >= 11 is 12.1. The molecule has 0 bridgehead atoms. The molecule has 1 fully saturated rings. The predicted molar refractivity (Wildman–Crippen MR) is 104 cm³/mol. The van der Waals surface area contributed by atoms with E-state index in [1.54, 1.807) is 36.4 Å². The third-order valence-corrected chi connectivity index (χ3v) is 5.02. The highest BCUT2D eigenvalue weighted by Crippen LogP contribution is 2.41. The number of nitrogens with zero attached hydrogens (tertiary/aromatic N) is 1. The topological polar surface area (TPSA) is 94.9 Å². The first kappa shape index (κ1) is 19.9. The minimum Gasteiger partial charge on any atom is -0.507 e. The Hall–Kier alpha value is -2.83. The fourth-order valence-corrected chi connectivity index (χ4v) is 3.48. The third kappa shape index (κ3) is 3.74. The molecule has 0 saturated carbocycles. The van der Waals surface area contributed by atoms with Crippen LogP contribution in [0.5, 0.6) is 0 Å². The number of likely N-dealkylation sites (tertiary alicyclic amines) is 1. The number of carboxylic acid groups (broad SMARTS) is 1. The zero-order valence-electron chi connectivity index (χ0n) is 14.4. The summed E-state index contributed by atoms with van der Waals surface area (Å²) in [5.41, 5.74) is 0.577. The second-order valence-electron chi connectivity index (χ2n) is 6.16. The zero-order valence-corrected chi connectivity index (χ0v) is 15.9. The van der Waals surface area contributed by atoms with Crippen molar-refractivity contribution in [1.29, 1.82) is 0 Å². The lowest BCUT2D eigenvalue weighted by Gasteiger charge is -2.25. The molecular formula is C20H15Cl2NO5. The monoisotopic (exact) mass is 419 g/mol. The highest BCUT2D eigenvalue weighted by molar-refractivity contribution is 6.47. The van der Waals surface area contributed by atoms with Gasteiger partial charge in [0.05, 0.1) is 18.0 Å². The number of amides is 1. The van der Waals surface area contributed by atoms with Gasteiger partial charge in [-0.2, -0.15) is 0 Å². The van der Waals surface area contributed by atoms with Crippen LogP contribution >= 0.6 is 23.2 Å². The molecule has 1 aliphatic rings. The Morgan fingerprint density at radius 3 is 2.25 bits per heavy atom. The van der Waals surface area contributed by atoms with Gasteiger partial charge < -0.3 is 15.1 Å². The molecule has 2 aromatic carbocycles. The van der Waals surface area contributed by atoms with E-state index in [1.807, 2.05) is 0 Å². The first-order chi connectivity index (χ1) is 13.3. The van der Waals surface area contributed by atoms with E-state index in [9.17, 15) is 19.5 Å². The molecule has 0 aliphatic carbocycles. The normalized spacial score (nSPS) is 18.5. The molecule has 2 aromatic rings. The summed E-state index contributed by atoms with van der Waals surface area (Å²) in [6.45, 7) is -0.201. The Bertz CT molecular complexity index is 984. The van der Waals surface area contributed by atoms with Gasteiger partial charge in [0.15, 0.2) is 0 Å². The van der Waals surface area contributed by atoms with E-state index in [0.29, 0.717) is 16.1 Å². The molecule has 3 rings (SSSR count). The van der Waals surface area contributed by atoms with Gasteiger partial charge in [0.2, 0.25) is 0 Å². The van der Waals surface area contributed by atoms with E-state index >= 15 is 0 Å². The van der Waals surface area contributed by atoms with Crippen LogP contribution < -0.4 is 0 Å². The molecule has 1 atom stereocenters. The second-order valence-corrected chi connectivity index (χ2v) is 7.01. The van der Waals surface area contributed by atoms with Crippen molar-refractivity contribution < 1.29 is 24.6 Å². The molecule has 28 heavy (non-hydrogen) atoms. The van der Waals surface area contributed by atoms with Gasteiger partial charge in [-0.15, -0.1) is 0 Å². The fraction of sp³-hybridized carbons (Fsp3) is 0.150. The van der Waals surface area contributed by atoms with E-state index in [1.165, 1.54) is 12.1 Å². The summed E-state index contributed by atoms with van der Waals surface area (Å²) in [5.74, 6) is -3.28. The van der Waals surface area contributed by atoms with Crippen LogP contribution in [-0.2, 0) is 14.4 Å². The SMILES string of the molecule is O=C(O)CCN1C(=O)C(=O)C(=C(O)c2ccc(Cl)cc2)[C@H]1c1ccccc1Cl.